The van der Waals surface area contributed by atoms with Crippen molar-refractivity contribution in [2.24, 2.45) is 0 Å². The van der Waals surface area contributed by atoms with Gasteiger partial charge in [-0.2, -0.15) is 0 Å². The van der Waals surface area contributed by atoms with Crippen LogP contribution in [0.3, 0.4) is 0 Å². The Bertz CT molecular complexity index is 5390. The van der Waals surface area contributed by atoms with Crippen molar-refractivity contribution in [3.8, 4) is 50.2 Å². The number of rotatable bonds is 8. The summed E-state index contributed by atoms with van der Waals surface area (Å²) in [6.07, 6.45) is 0. The van der Waals surface area contributed by atoms with E-state index in [0.717, 1.165) is 28.3 Å². The molecule has 3 heteroatoms. The molecule has 386 valence electrons. The Kier molecular flexibility index (Phi) is 10.8. The molecular weight excluding hydrogens is 1020 g/mol. The molecule has 0 saturated carbocycles. The van der Waals surface area contributed by atoms with E-state index in [9.17, 15) is 0 Å². The summed E-state index contributed by atoms with van der Waals surface area (Å²) >= 11 is 1.86. The molecule has 0 aliphatic rings. The largest absolute Gasteiger partial charge is 0.311 e. The maximum atomic E-state index is 2.48. The summed E-state index contributed by atoms with van der Waals surface area (Å²) in [5, 5.41) is 17.7. The highest BCUT2D eigenvalue weighted by atomic mass is 32.1. The standard InChI is InChI=1S/C80H50N2S/c1-2-15-51(16-3-1)52-29-37-58(38-30-52)81(60-41-33-54(34-42-60)63-26-14-28-79-80(63)71-25-12-13-27-78(71)83-79)59-39-31-53(32-40-59)55-35-45-76-74(47-55)75-49-57(72-48-56-17-4-5-18-62(56)64-19-6-10-23-68(64)72)36-46-77(75)82(76)61-43-44-70-67-22-8-7-20-65(67)66-21-9-11-24-69(66)73(70)50-61/h1-50H. The number of fused-ring (bicyclic) bond motifs is 15. The van der Waals surface area contributed by atoms with E-state index in [2.05, 4.69) is 313 Å². The third kappa shape index (κ3) is 7.70. The molecule has 0 amide bonds. The second kappa shape index (κ2) is 19.0. The summed E-state index contributed by atoms with van der Waals surface area (Å²) < 4.78 is 5.11. The minimum atomic E-state index is 1.08. The van der Waals surface area contributed by atoms with Gasteiger partial charge in [0.25, 0.3) is 0 Å². The molecule has 0 N–H and O–H groups in total. The SMILES string of the molecule is c1ccc(-c2ccc(N(c3ccc(-c4ccc5c(c4)c4cc(-c6cc7ccccc7c7ccccc67)ccc4n5-c4ccc5c6ccccc6c6ccccc6c5c4)cc3)c3ccc(-c4cccc5sc6ccccc6c45)cc3)cc2)cc1. The van der Waals surface area contributed by atoms with Crippen LogP contribution in [-0.2, 0) is 0 Å². The van der Waals surface area contributed by atoms with Gasteiger partial charge in [0.1, 0.15) is 0 Å². The lowest BCUT2D eigenvalue weighted by atomic mass is 9.92. The van der Waals surface area contributed by atoms with Crippen LogP contribution in [0.25, 0.3) is 146 Å². The molecule has 17 aromatic rings. The Morgan fingerprint density at radius 2 is 0.699 bits per heavy atom. The van der Waals surface area contributed by atoms with E-state index < -0.39 is 0 Å². The normalized spacial score (nSPS) is 11.9. The molecule has 0 aliphatic heterocycles. The lowest BCUT2D eigenvalue weighted by Crippen LogP contribution is -2.09. The highest BCUT2D eigenvalue weighted by molar-refractivity contribution is 7.26. The van der Waals surface area contributed by atoms with E-state index >= 15 is 0 Å². The van der Waals surface area contributed by atoms with Crippen LogP contribution < -0.4 is 4.90 Å². The van der Waals surface area contributed by atoms with Gasteiger partial charge in [-0.1, -0.05) is 212 Å². The van der Waals surface area contributed by atoms with Gasteiger partial charge in [0.05, 0.1) is 11.0 Å². The number of hydrogen-bond donors (Lipinski definition) is 0. The van der Waals surface area contributed by atoms with Crippen LogP contribution in [-0.4, -0.2) is 4.57 Å². The van der Waals surface area contributed by atoms with Gasteiger partial charge in [-0.3, -0.25) is 0 Å². The Balaban J connectivity index is 0.810. The fourth-order valence-electron chi connectivity index (χ4n) is 13.5. The van der Waals surface area contributed by atoms with Gasteiger partial charge in [0, 0.05) is 53.7 Å². The number of hydrogen-bond acceptors (Lipinski definition) is 2. The van der Waals surface area contributed by atoms with Gasteiger partial charge in [0.2, 0.25) is 0 Å². The molecule has 0 saturated heterocycles. The fourth-order valence-corrected chi connectivity index (χ4v) is 14.6. The van der Waals surface area contributed by atoms with Gasteiger partial charge in [-0.25, -0.2) is 0 Å². The molecule has 0 radical (unpaired) electrons. The van der Waals surface area contributed by atoms with E-state index in [1.807, 2.05) is 11.3 Å². The van der Waals surface area contributed by atoms with E-state index in [-0.39, 0.29) is 0 Å². The summed E-state index contributed by atoms with van der Waals surface area (Å²) in [4.78, 5) is 2.38. The van der Waals surface area contributed by atoms with Gasteiger partial charge in [0.15, 0.2) is 0 Å². The minimum absolute atomic E-state index is 1.08. The zero-order chi connectivity index (χ0) is 54.5. The van der Waals surface area contributed by atoms with E-state index in [1.165, 1.54) is 135 Å². The molecule has 2 aromatic heterocycles. The number of thiophene rings is 1. The van der Waals surface area contributed by atoms with Crippen LogP contribution >= 0.6 is 11.3 Å². The van der Waals surface area contributed by atoms with Crippen LogP contribution in [0, 0.1) is 0 Å². The van der Waals surface area contributed by atoms with Crippen molar-refractivity contribution in [3.05, 3.63) is 303 Å². The van der Waals surface area contributed by atoms with Crippen LogP contribution in [0.1, 0.15) is 0 Å². The van der Waals surface area contributed by atoms with Crippen LogP contribution in [0.2, 0.25) is 0 Å². The van der Waals surface area contributed by atoms with Crippen molar-refractivity contribution in [1.82, 2.24) is 4.57 Å². The van der Waals surface area contributed by atoms with Crippen molar-refractivity contribution in [3.63, 3.8) is 0 Å². The van der Waals surface area contributed by atoms with Crippen molar-refractivity contribution in [2.75, 3.05) is 4.90 Å². The first kappa shape index (κ1) is 47.2. The van der Waals surface area contributed by atoms with Crippen molar-refractivity contribution < 1.29 is 0 Å². The van der Waals surface area contributed by atoms with E-state index in [0.29, 0.717) is 0 Å². The highest BCUT2D eigenvalue weighted by Gasteiger charge is 2.20. The van der Waals surface area contributed by atoms with Gasteiger partial charge >= 0.3 is 0 Å². The first-order valence-corrected chi connectivity index (χ1v) is 29.4. The maximum absolute atomic E-state index is 2.48. The smallest absolute Gasteiger partial charge is 0.0541 e. The molecule has 15 aromatic carbocycles. The molecule has 0 atom stereocenters. The molecule has 17 rings (SSSR count). The summed E-state index contributed by atoms with van der Waals surface area (Å²) in [7, 11) is 0. The number of benzene rings is 15. The molecule has 83 heavy (non-hydrogen) atoms. The molecule has 0 fully saturated rings. The lowest BCUT2D eigenvalue weighted by Gasteiger charge is -2.26. The average Bonchev–Trinajstić information content (AvgIpc) is 3.73. The topological polar surface area (TPSA) is 8.17 Å². The third-order valence-electron chi connectivity index (χ3n) is 17.4. The second-order valence-electron chi connectivity index (χ2n) is 21.9. The molecule has 0 unspecified atom stereocenters. The average molecular weight is 1070 g/mol. The third-order valence-corrected chi connectivity index (χ3v) is 18.5. The zero-order valence-corrected chi connectivity index (χ0v) is 46.0. The van der Waals surface area contributed by atoms with Gasteiger partial charge in [-0.05, 0) is 189 Å². The van der Waals surface area contributed by atoms with Gasteiger partial charge in [-0.15, -0.1) is 11.3 Å². The Morgan fingerprint density at radius 3 is 1.35 bits per heavy atom. The quantitative estimate of drug-likeness (QED) is 0.138. The molecule has 2 heterocycles. The van der Waals surface area contributed by atoms with Crippen LogP contribution in [0.4, 0.5) is 17.1 Å². The number of nitrogens with zero attached hydrogens (tertiary/aromatic N) is 2. The molecule has 0 spiro atoms. The summed E-state index contributed by atoms with van der Waals surface area (Å²) in [5.74, 6) is 0. The lowest BCUT2D eigenvalue weighted by molar-refractivity contribution is 1.19. The molecule has 0 aliphatic carbocycles. The highest BCUT2D eigenvalue weighted by Crippen LogP contribution is 2.45. The molecule has 2 nitrogen and oxygen atoms in total. The minimum Gasteiger partial charge on any atom is -0.311 e. The molecule has 0 bridgehead atoms. The van der Waals surface area contributed by atoms with Crippen LogP contribution in [0.5, 0.6) is 0 Å². The maximum Gasteiger partial charge on any atom is 0.0541 e. The van der Waals surface area contributed by atoms with Gasteiger partial charge < -0.3 is 9.47 Å². The first-order valence-electron chi connectivity index (χ1n) is 28.5. The monoisotopic (exact) mass is 1070 g/mol. The molecular formula is C80H50N2S. The summed E-state index contributed by atoms with van der Waals surface area (Å²) in [6.45, 7) is 0. The van der Waals surface area contributed by atoms with E-state index in [4.69, 9.17) is 0 Å². The summed E-state index contributed by atoms with van der Waals surface area (Å²) in [6, 6.07) is 112. The Morgan fingerprint density at radius 1 is 0.241 bits per heavy atom. The van der Waals surface area contributed by atoms with Crippen molar-refractivity contribution in [1.29, 1.82) is 0 Å². The predicted molar refractivity (Wildman–Crippen MR) is 358 cm³/mol. The predicted octanol–water partition coefficient (Wildman–Crippen LogP) is 23.1. The first-order chi connectivity index (χ1) is 41.1. The zero-order valence-electron chi connectivity index (χ0n) is 45.2. The number of anilines is 3. The Hall–Kier alpha value is -10.6. The van der Waals surface area contributed by atoms with E-state index in [1.54, 1.807) is 0 Å². The number of aromatic nitrogens is 1. The second-order valence-corrected chi connectivity index (χ2v) is 23.0. The van der Waals surface area contributed by atoms with Crippen LogP contribution in [0.15, 0.2) is 303 Å². The Labute approximate surface area is 484 Å². The fraction of sp³-hybridized carbons (Fsp3) is 0. The van der Waals surface area contributed by atoms with Crippen molar-refractivity contribution in [2.45, 2.75) is 0 Å². The summed E-state index contributed by atoms with van der Waals surface area (Å²) in [5.41, 5.74) is 16.4. The van der Waals surface area contributed by atoms with Crippen molar-refractivity contribution >= 4 is 124 Å².